The molecule has 24 heavy (non-hydrogen) atoms. The van der Waals surface area contributed by atoms with Gasteiger partial charge in [0, 0.05) is 37.4 Å². The minimum Gasteiger partial charge on any atom is -0.387 e. The Kier molecular flexibility index (Phi) is 7.96. The monoisotopic (exact) mass is 469 g/mol. The maximum atomic E-state index is 10.6. The zero-order chi connectivity index (χ0) is 16.2. The molecule has 0 saturated carbocycles. The van der Waals surface area contributed by atoms with Crippen LogP contribution in [0.1, 0.15) is 39.0 Å². The molecule has 0 radical (unpaired) electrons. The van der Waals surface area contributed by atoms with Crippen LogP contribution in [0.15, 0.2) is 4.99 Å². The lowest BCUT2D eigenvalue weighted by Crippen LogP contribution is -2.53. The number of hydrogen-bond acceptors (Lipinski definition) is 4. The first kappa shape index (κ1) is 20.6. The van der Waals surface area contributed by atoms with E-state index in [1.54, 1.807) is 0 Å². The van der Waals surface area contributed by atoms with E-state index in [4.69, 9.17) is 9.73 Å². The molecule has 140 valence electrons. The van der Waals surface area contributed by atoms with Crippen molar-refractivity contribution in [3.8, 4) is 0 Å². The Morgan fingerprint density at radius 3 is 2.83 bits per heavy atom. The maximum Gasteiger partial charge on any atom is 0.194 e. The van der Waals surface area contributed by atoms with Crippen molar-refractivity contribution in [2.24, 2.45) is 10.4 Å². The van der Waals surface area contributed by atoms with Crippen molar-refractivity contribution in [3.05, 3.63) is 0 Å². The molecular formula is C17H32IN3O2S. The third-order valence-electron chi connectivity index (χ3n) is 5.31. The summed E-state index contributed by atoms with van der Waals surface area (Å²) in [6.45, 7) is 7.39. The maximum absolute atomic E-state index is 10.6. The molecule has 3 heterocycles. The minimum absolute atomic E-state index is 0. The van der Waals surface area contributed by atoms with Crippen LogP contribution in [0.2, 0.25) is 0 Å². The van der Waals surface area contributed by atoms with Gasteiger partial charge in [0.15, 0.2) is 5.96 Å². The molecule has 7 heteroatoms. The molecular weight excluding hydrogens is 437 g/mol. The van der Waals surface area contributed by atoms with Gasteiger partial charge in [0.1, 0.15) is 0 Å². The van der Waals surface area contributed by atoms with Gasteiger partial charge in [-0.25, -0.2) is 0 Å². The van der Waals surface area contributed by atoms with E-state index in [2.05, 4.69) is 17.1 Å². The van der Waals surface area contributed by atoms with Crippen LogP contribution in [0, 0.1) is 5.41 Å². The van der Waals surface area contributed by atoms with Crippen LogP contribution in [-0.4, -0.2) is 72.5 Å². The number of likely N-dealkylation sites (tertiary alicyclic amines) is 1. The molecule has 2 unspecified atom stereocenters. The summed E-state index contributed by atoms with van der Waals surface area (Å²) in [5.74, 6) is 2.84. The second-order valence-electron chi connectivity index (χ2n) is 7.38. The van der Waals surface area contributed by atoms with Crippen molar-refractivity contribution < 1.29 is 9.84 Å². The Morgan fingerprint density at radius 1 is 1.33 bits per heavy atom. The largest absolute Gasteiger partial charge is 0.387 e. The number of rotatable bonds is 3. The number of nitrogens with zero attached hydrogens (tertiary/aromatic N) is 2. The zero-order valence-electron chi connectivity index (χ0n) is 14.8. The molecule has 0 aromatic rings. The first-order chi connectivity index (χ1) is 11.1. The summed E-state index contributed by atoms with van der Waals surface area (Å²) in [6, 6.07) is 0. The first-order valence-electron chi connectivity index (χ1n) is 9.06. The van der Waals surface area contributed by atoms with Crippen molar-refractivity contribution in [1.29, 1.82) is 0 Å². The predicted octanol–water partition coefficient (Wildman–Crippen LogP) is 2.33. The van der Waals surface area contributed by atoms with Gasteiger partial charge in [0.25, 0.3) is 0 Å². The van der Waals surface area contributed by atoms with E-state index in [1.807, 2.05) is 11.8 Å². The summed E-state index contributed by atoms with van der Waals surface area (Å²) in [5, 5.41) is 14.0. The number of halogens is 1. The van der Waals surface area contributed by atoms with Crippen LogP contribution in [0.5, 0.6) is 0 Å². The Bertz CT molecular complexity index is 419. The lowest BCUT2D eigenvalue weighted by molar-refractivity contribution is -0.0371. The number of aliphatic imine (C=N–C) groups is 1. The lowest BCUT2D eigenvalue weighted by Gasteiger charge is -2.45. The van der Waals surface area contributed by atoms with Gasteiger partial charge >= 0.3 is 0 Å². The van der Waals surface area contributed by atoms with Crippen LogP contribution in [0.4, 0.5) is 0 Å². The number of nitrogens with one attached hydrogen (secondary N) is 1. The number of thioether (sulfide) groups is 1. The third-order valence-corrected chi connectivity index (χ3v) is 6.54. The Hall–Kier alpha value is 0.270. The summed E-state index contributed by atoms with van der Waals surface area (Å²) < 4.78 is 5.78. The minimum atomic E-state index is -0.604. The highest BCUT2D eigenvalue weighted by molar-refractivity contribution is 14.0. The normalized spacial score (nSPS) is 34.2. The fraction of sp³-hybridized carbons (Fsp3) is 0.941. The highest BCUT2D eigenvalue weighted by Crippen LogP contribution is 2.37. The average molecular weight is 469 g/mol. The molecule has 5 nitrogen and oxygen atoms in total. The van der Waals surface area contributed by atoms with Crippen LogP contribution in [0.3, 0.4) is 0 Å². The molecule has 3 saturated heterocycles. The summed E-state index contributed by atoms with van der Waals surface area (Å²) in [6.07, 6.45) is 5.78. The molecule has 2 atom stereocenters. The summed E-state index contributed by atoms with van der Waals surface area (Å²) in [5.41, 5.74) is -0.292. The van der Waals surface area contributed by atoms with Gasteiger partial charge < -0.3 is 20.1 Å². The van der Waals surface area contributed by atoms with Crippen LogP contribution < -0.4 is 5.32 Å². The standard InChI is InChI=1S/C17H31N3O2S.HI/c1-2-18-15(19-11-17(21)7-10-23-14-17)20-8-3-5-16(12-20)6-4-9-22-13-16;/h21H,2-14H2,1H3,(H,18,19);1H. The van der Waals surface area contributed by atoms with Crippen molar-refractivity contribution in [2.45, 2.75) is 44.6 Å². The van der Waals surface area contributed by atoms with Crippen LogP contribution >= 0.6 is 35.7 Å². The molecule has 0 bridgehead atoms. The third kappa shape index (κ3) is 5.14. The van der Waals surface area contributed by atoms with E-state index in [-0.39, 0.29) is 24.0 Å². The molecule has 3 aliphatic heterocycles. The van der Waals surface area contributed by atoms with Crippen molar-refractivity contribution in [3.63, 3.8) is 0 Å². The van der Waals surface area contributed by atoms with E-state index in [0.717, 1.165) is 56.7 Å². The van der Waals surface area contributed by atoms with E-state index < -0.39 is 5.60 Å². The first-order valence-corrected chi connectivity index (χ1v) is 10.2. The highest BCUT2D eigenvalue weighted by atomic mass is 127. The van der Waals surface area contributed by atoms with E-state index in [9.17, 15) is 5.11 Å². The Labute approximate surface area is 167 Å². The molecule has 0 amide bonds. The second-order valence-corrected chi connectivity index (χ2v) is 8.48. The molecule has 2 N–H and O–H groups in total. The number of aliphatic hydroxyl groups is 1. The SMILES string of the molecule is CCNC(=NCC1(O)CCSC1)N1CCCC2(CCCOC2)C1.I. The summed E-state index contributed by atoms with van der Waals surface area (Å²) >= 11 is 1.83. The zero-order valence-corrected chi connectivity index (χ0v) is 17.9. The highest BCUT2D eigenvalue weighted by Gasteiger charge is 2.38. The van der Waals surface area contributed by atoms with Crippen molar-refractivity contribution in [1.82, 2.24) is 10.2 Å². The smallest absolute Gasteiger partial charge is 0.194 e. The van der Waals surface area contributed by atoms with Crippen molar-refractivity contribution >= 4 is 41.7 Å². The van der Waals surface area contributed by atoms with E-state index in [1.165, 1.54) is 25.7 Å². The molecule has 3 fully saturated rings. The summed E-state index contributed by atoms with van der Waals surface area (Å²) in [7, 11) is 0. The van der Waals surface area contributed by atoms with Crippen LogP contribution in [0.25, 0.3) is 0 Å². The fourth-order valence-corrected chi connectivity index (χ4v) is 5.27. The predicted molar refractivity (Wildman–Crippen MR) is 112 cm³/mol. The molecule has 3 aliphatic rings. The molecule has 1 spiro atoms. The van der Waals surface area contributed by atoms with Crippen molar-refractivity contribution in [2.75, 3.05) is 50.9 Å². The van der Waals surface area contributed by atoms with Gasteiger partial charge in [0.2, 0.25) is 0 Å². The van der Waals surface area contributed by atoms with Gasteiger partial charge in [-0.05, 0) is 44.8 Å². The van der Waals surface area contributed by atoms with Gasteiger partial charge in [-0.3, -0.25) is 4.99 Å². The molecule has 3 rings (SSSR count). The fourth-order valence-electron chi connectivity index (χ4n) is 3.99. The van der Waals surface area contributed by atoms with Gasteiger partial charge in [-0.2, -0.15) is 11.8 Å². The molecule has 0 aromatic heterocycles. The number of ether oxygens (including phenoxy) is 1. The van der Waals surface area contributed by atoms with Gasteiger partial charge in [-0.1, -0.05) is 0 Å². The lowest BCUT2D eigenvalue weighted by atomic mass is 9.76. The van der Waals surface area contributed by atoms with Gasteiger partial charge in [0.05, 0.1) is 18.8 Å². The van der Waals surface area contributed by atoms with Gasteiger partial charge in [-0.15, -0.1) is 24.0 Å². The number of piperidine rings is 1. The van der Waals surface area contributed by atoms with E-state index >= 15 is 0 Å². The van der Waals surface area contributed by atoms with E-state index in [0.29, 0.717) is 12.0 Å². The Morgan fingerprint density at radius 2 is 2.17 bits per heavy atom. The average Bonchev–Trinajstić information content (AvgIpc) is 2.99. The number of hydrogen-bond donors (Lipinski definition) is 2. The summed E-state index contributed by atoms with van der Waals surface area (Å²) in [4.78, 5) is 7.19. The topological polar surface area (TPSA) is 57.1 Å². The van der Waals surface area contributed by atoms with Crippen LogP contribution in [-0.2, 0) is 4.74 Å². The molecule has 0 aromatic carbocycles. The molecule has 0 aliphatic carbocycles. The number of guanidine groups is 1. The Balaban J connectivity index is 0.00000208. The second kappa shape index (κ2) is 9.28. The quantitative estimate of drug-likeness (QED) is 0.378.